The molecule has 1 aliphatic rings. The number of nitrogens with one attached hydrogen (secondary N) is 1. The molecule has 2 aromatic rings. The first kappa shape index (κ1) is 22.6. The fourth-order valence-electron chi connectivity index (χ4n) is 4.18. The van der Waals surface area contributed by atoms with Gasteiger partial charge in [-0.15, -0.1) is 0 Å². The summed E-state index contributed by atoms with van der Waals surface area (Å²) >= 11 is 0. The second-order valence-corrected chi connectivity index (χ2v) is 10.7. The van der Waals surface area contributed by atoms with Gasteiger partial charge in [0.1, 0.15) is 0 Å². The van der Waals surface area contributed by atoms with Crippen molar-refractivity contribution in [3.05, 3.63) is 52.8 Å². The Morgan fingerprint density at radius 1 is 1.13 bits per heavy atom. The van der Waals surface area contributed by atoms with Crippen LogP contribution in [0.2, 0.25) is 0 Å². The van der Waals surface area contributed by atoms with Crippen LogP contribution in [0.4, 0.5) is 0 Å². The van der Waals surface area contributed by atoms with Gasteiger partial charge in [0.15, 0.2) is 0 Å². The summed E-state index contributed by atoms with van der Waals surface area (Å²) in [5.74, 6) is 0.717. The van der Waals surface area contributed by atoms with Crippen LogP contribution < -0.4 is 5.32 Å². The normalized spacial score (nSPS) is 16.2. The van der Waals surface area contributed by atoms with Crippen LogP contribution in [0.5, 0.6) is 0 Å². The van der Waals surface area contributed by atoms with E-state index in [0.717, 1.165) is 29.9 Å². The molecule has 0 radical (unpaired) electrons. The molecule has 2 heterocycles. The summed E-state index contributed by atoms with van der Waals surface area (Å²) in [6.45, 7) is 9.97. The third kappa shape index (κ3) is 4.95. The molecule has 3 rings (SSSR count). The van der Waals surface area contributed by atoms with Gasteiger partial charge >= 0.3 is 0 Å². The monoisotopic (exact) mass is 431 g/mol. The van der Waals surface area contributed by atoms with E-state index in [9.17, 15) is 13.2 Å². The standard InChI is InChI=1S/C23H33N3O3S/c1-16(2)20-6-8-21(9-7-20)26-17(3)14-22(18(26)4)23(27)24-15-19-10-12-25(13-11-19)30(5,28)29/h6-9,14,16,19H,10-13,15H2,1-5H3,(H,24,27). The van der Waals surface area contributed by atoms with E-state index in [1.807, 2.05) is 19.9 Å². The molecule has 0 atom stereocenters. The van der Waals surface area contributed by atoms with Crippen LogP contribution in [0.15, 0.2) is 30.3 Å². The van der Waals surface area contributed by atoms with E-state index >= 15 is 0 Å². The first-order chi connectivity index (χ1) is 14.1. The Hall–Kier alpha value is -2.12. The summed E-state index contributed by atoms with van der Waals surface area (Å²) in [5, 5.41) is 3.06. The molecule has 1 N–H and O–H groups in total. The van der Waals surface area contributed by atoms with Crippen molar-refractivity contribution >= 4 is 15.9 Å². The summed E-state index contributed by atoms with van der Waals surface area (Å²) in [6.07, 6.45) is 2.80. The van der Waals surface area contributed by atoms with E-state index < -0.39 is 10.0 Å². The predicted molar refractivity (Wildman–Crippen MR) is 121 cm³/mol. The number of rotatable bonds is 6. The van der Waals surface area contributed by atoms with Crippen molar-refractivity contribution in [2.24, 2.45) is 5.92 Å². The molecule has 1 aromatic heterocycles. The molecule has 30 heavy (non-hydrogen) atoms. The fraction of sp³-hybridized carbons (Fsp3) is 0.522. The molecule has 1 aliphatic heterocycles. The van der Waals surface area contributed by atoms with Crippen LogP contribution in [0.25, 0.3) is 5.69 Å². The summed E-state index contributed by atoms with van der Waals surface area (Å²) < 4.78 is 26.9. The molecule has 0 aliphatic carbocycles. The number of benzene rings is 1. The zero-order valence-electron chi connectivity index (χ0n) is 18.6. The van der Waals surface area contributed by atoms with Crippen LogP contribution >= 0.6 is 0 Å². The number of nitrogens with zero attached hydrogens (tertiary/aromatic N) is 2. The minimum absolute atomic E-state index is 0.0707. The highest BCUT2D eigenvalue weighted by molar-refractivity contribution is 7.88. The Bertz CT molecular complexity index is 999. The molecule has 164 valence electrons. The number of aryl methyl sites for hydroxylation is 1. The second-order valence-electron chi connectivity index (χ2n) is 8.68. The average Bonchev–Trinajstić information content (AvgIpc) is 3.00. The van der Waals surface area contributed by atoms with Crippen molar-refractivity contribution in [3.8, 4) is 5.69 Å². The first-order valence-corrected chi connectivity index (χ1v) is 12.5. The minimum atomic E-state index is -3.12. The van der Waals surface area contributed by atoms with Crippen molar-refractivity contribution in [1.29, 1.82) is 0 Å². The molecular formula is C23H33N3O3S. The van der Waals surface area contributed by atoms with Gasteiger partial charge in [0.2, 0.25) is 10.0 Å². The molecule has 1 saturated heterocycles. The van der Waals surface area contributed by atoms with Crippen molar-refractivity contribution < 1.29 is 13.2 Å². The Kier molecular flexibility index (Phi) is 6.72. The van der Waals surface area contributed by atoms with E-state index in [0.29, 0.717) is 37.0 Å². The predicted octanol–water partition coefficient (Wildman–Crippen LogP) is 3.62. The average molecular weight is 432 g/mol. The SMILES string of the molecule is Cc1cc(C(=O)NCC2CCN(S(C)(=O)=O)CC2)c(C)n1-c1ccc(C(C)C)cc1. The summed E-state index contributed by atoms with van der Waals surface area (Å²) in [7, 11) is -3.12. The Balaban J connectivity index is 1.65. The van der Waals surface area contributed by atoms with Gasteiger partial charge in [-0.2, -0.15) is 0 Å². The number of carbonyl (C=O) groups excluding carboxylic acids is 1. The molecule has 7 heteroatoms. The first-order valence-electron chi connectivity index (χ1n) is 10.6. The Morgan fingerprint density at radius 3 is 2.27 bits per heavy atom. The van der Waals surface area contributed by atoms with Crippen LogP contribution in [0.3, 0.4) is 0 Å². The third-order valence-corrected chi connectivity index (χ3v) is 7.39. The maximum atomic E-state index is 12.8. The summed E-state index contributed by atoms with van der Waals surface area (Å²) in [5.41, 5.74) is 4.99. The molecule has 1 amide bonds. The number of piperidine rings is 1. The molecule has 0 saturated carbocycles. The summed E-state index contributed by atoms with van der Waals surface area (Å²) in [6, 6.07) is 10.4. The van der Waals surface area contributed by atoms with E-state index in [2.05, 4.69) is 48.0 Å². The highest BCUT2D eigenvalue weighted by Crippen LogP contribution is 2.24. The number of amides is 1. The van der Waals surface area contributed by atoms with Crippen molar-refractivity contribution in [3.63, 3.8) is 0 Å². The third-order valence-electron chi connectivity index (χ3n) is 6.09. The van der Waals surface area contributed by atoms with Crippen LogP contribution in [-0.4, -0.2) is 49.1 Å². The highest BCUT2D eigenvalue weighted by atomic mass is 32.2. The molecule has 6 nitrogen and oxygen atoms in total. The molecule has 0 bridgehead atoms. The van der Waals surface area contributed by atoms with Gasteiger partial charge in [-0.1, -0.05) is 26.0 Å². The maximum Gasteiger partial charge on any atom is 0.253 e. The van der Waals surface area contributed by atoms with Crippen LogP contribution in [0.1, 0.15) is 59.9 Å². The van der Waals surface area contributed by atoms with E-state index in [4.69, 9.17) is 0 Å². The second kappa shape index (κ2) is 8.94. The lowest BCUT2D eigenvalue weighted by molar-refractivity contribution is 0.0941. The van der Waals surface area contributed by atoms with Crippen LogP contribution in [0, 0.1) is 19.8 Å². The highest BCUT2D eigenvalue weighted by Gasteiger charge is 2.25. The van der Waals surface area contributed by atoms with E-state index in [1.54, 1.807) is 0 Å². The van der Waals surface area contributed by atoms with Gasteiger partial charge in [-0.05, 0) is 62.3 Å². The Labute approximate surface area is 180 Å². The maximum absolute atomic E-state index is 12.8. The lowest BCUT2D eigenvalue weighted by atomic mass is 9.98. The van der Waals surface area contributed by atoms with Crippen molar-refractivity contribution in [2.45, 2.75) is 46.5 Å². The molecule has 1 fully saturated rings. The van der Waals surface area contributed by atoms with Crippen LogP contribution in [-0.2, 0) is 10.0 Å². The van der Waals surface area contributed by atoms with Gasteiger partial charge < -0.3 is 9.88 Å². The largest absolute Gasteiger partial charge is 0.352 e. The van der Waals surface area contributed by atoms with E-state index in [1.165, 1.54) is 16.1 Å². The molecular weight excluding hydrogens is 398 g/mol. The molecule has 1 aromatic carbocycles. The minimum Gasteiger partial charge on any atom is -0.352 e. The topological polar surface area (TPSA) is 71.4 Å². The summed E-state index contributed by atoms with van der Waals surface area (Å²) in [4.78, 5) is 12.8. The van der Waals surface area contributed by atoms with Gasteiger partial charge in [-0.25, -0.2) is 12.7 Å². The van der Waals surface area contributed by atoms with Crippen molar-refractivity contribution in [2.75, 3.05) is 25.9 Å². The molecule has 0 spiro atoms. The quantitative estimate of drug-likeness (QED) is 0.759. The van der Waals surface area contributed by atoms with Gasteiger partial charge in [0.25, 0.3) is 5.91 Å². The van der Waals surface area contributed by atoms with Crippen molar-refractivity contribution in [1.82, 2.24) is 14.2 Å². The molecule has 0 unspecified atom stereocenters. The number of carbonyl (C=O) groups is 1. The zero-order valence-corrected chi connectivity index (χ0v) is 19.4. The van der Waals surface area contributed by atoms with Gasteiger partial charge in [0, 0.05) is 36.7 Å². The smallest absolute Gasteiger partial charge is 0.253 e. The lowest BCUT2D eigenvalue weighted by Gasteiger charge is -2.30. The lowest BCUT2D eigenvalue weighted by Crippen LogP contribution is -2.41. The fourth-order valence-corrected chi connectivity index (χ4v) is 5.05. The zero-order chi connectivity index (χ0) is 22.1. The Morgan fingerprint density at radius 2 is 1.73 bits per heavy atom. The number of hydrogen-bond acceptors (Lipinski definition) is 3. The number of sulfonamides is 1. The number of aromatic nitrogens is 1. The van der Waals surface area contributed by atoms with E-state index in [-0.39, 0.29) is 5.91 Å². The van der Waals surface area contributed by atoms with Gasteiger partial charge in [-0.3, -0.25) is 4.79 Å². The number of hydrogen-bond donors (Lipinski definition) is 1. The van der Waals surface area contributed by atoms with Gasteiger partial charge in [0.05, 0.1) is 11.8 Å².